The van der Waals surface area contributed by atoms with Crippen LogP contribution in [-0.2, 0) is 27.8 Å². The highest BCUT2D eigenvalue weighted by molar-refractivity contribution is 7.91. The summed E-state index contributed by atoms with van der Waals surface area (Å²) in [6.45, 7) is 1.72. The lowest BCUT2D eigenvalue weighted by Crippen LogP contribution is -2.54. The van der Waals surface area contributed by atoms with E-state index in [1.165, 1.54) is 36.6 Å². The van der Waals surface area contributed by atoms with E-state index in [4.69, 9.17) is 0 Å². The van der Waals surface area contributed by atoms with Crippen LogP contribution in [0.4, 0.5) is 25.1 Å². The summed E-state index contributed by atoms with van der Waals surface area (Å²) in [4.78, 5) is 35.3. The molecular formula is C25H25F2N7O4S2. The van der Waals surface area contributed by atoms with Gasteiger partial charge in [0.2, 0.25) is 5.91 Å². The predicted molar refractivity (Wildman–Crippen MR) is 147 cm³/mol. The van der Waals surface area contributed by atoms with Gasteiger partial charge in [-0.3, -0.25) is 4.79 Å². The average molecular weight is 590 g/mol. The van der Waals surface area contributed by atoms with Crippen molar-refractivity contribution in [1.82, 2.24) is 20.0 Å². The lowest BCUT2D eigenvalue weighted by molar-refractivity contribution is -0.120. The van der Waals surface area contributed by atoms with Gasteiger partial charge in [-0.15, -0.1) is 0 Å². The minimum atomic E-state index is -4.41. The second kappa shape index (κ2) is 12.3. The second-order valence-electron chi connectivity index (χ2n) is 8.82. The van der Waals surface area contributed by atoms with Gasteiger partial charge in [-0.1, -0.05) is 0 Å². The number of hydrogen-bond acceptors (Lipinski definition) is 7. The van der Waals surface area contributed by atoms with Crippen molar-refractivity contribution in [3.05, 3.63) is 82.8 Å². The molecule has 15 heteroatoms. The van der Waals surface area contributed by atoms with Gasteiger partial charge in [-0.25, -0.2) is 32.6 Å². The molecule has 0 aliphatic carbocycles. The highest BCUT2D eigenvalue weighted by atomic mass is 32.2. The molecular weight excluding hydrogens is 564 g/mol. The van der Waals surface area contributed by atoms with Crippen molar-refractivity contribution < 1.29 is 26.8 Å². The second-order valence-corrected chi connectivity index (χ2v) is 10.4. The third-order valence-corrected chi connectivity index (χ3v) is 7.49. The fourth-order valence-electron chi connectivity index (χ4n) is 4.18. The number of aryl methyl sites for hydroxylation is 1. The summed E-state index contributed by atoms with van der Waals surface area (Å²) in [5.74, 6) is -2.33. The van der Waals surface area contributed by atoms with E-state index in [2.05, 4.69) is 15.3 Å². The molecule has 0 unspecified atom stereocenters. The number of likely N-dealkylation sites (N-methyl/N-ethyl adjacent to an activating group) is 1. The number of benzene rings is 2. The molecule has 1 aliphatic heterocycles. The summed E-state index contributed by atoms with van der Waals surface area (Å²) in [7, 11) is -2.99. The van der Waals surface area contributed by atoms with Crippen LogP contribution >= 0.6 is 13.5 Å². The molecule has 0 bridgehead atoms. The third kappa shape index (κ3) is 6.64. The smallest absolute Gasteiger partial charge is 0.325 e. The van der Waals surface area contributed by atoms with Crippen LogP contribution in [0, 0.1) is 29.9 Å². The van der Waals surface area contributed by atoms with Gasteiger partial charge in [0.05, 0.1) is 11.6 Å². The number of nitrogens with one attached hydrogen (secondary N) is 2. The molecule has 1 aliphatic rings. The first kappa shape index (κ1) is 30.3. The standard InChI is InChI=1S/C25H23F2N7O4S.H2S/c1-15-7-21(4-3-17(15)12-28)33(2)24(35)22(10-16-8-19(26)11-20(27)9-16)31-25(36)32-39(37,38)34-6-5-18-13-29-14-30-23(18)34;/h3-4,7-9,11,13-14,22H,5-6,10H2,1-2H3,(H2,31,32,36);1H2/t22-;/m0./s1. The number of aromatic nitrogens is 2. The van der Waals surface area contributed by atoms with Crippen LogP contribution in [0.15, 0.2) is 48.9 Å². The van der Waals surface area contributed by atoms with E-state index in [0.29, 0.717) is 34.9 Å². The number of hydrogen-bond donors (Lipinski definition) is 2. The van der Waals surface area contributed by atoms with Crippen molar-refractivity contribution in [2.24, 2.45) is 0 Å². The minimum absolute atomic E-state index is 0. The Morgan fingerprint density at radius 1 is 1.20 bits per heavy atom. The van der Waals surface area contributed by atoms with Crippen LogP contribution in [-0.4, -0.2) is 50.0 Å². The number of amides is 3. The first-order valence-electron chi connectivity index (χ1n) is 11.6. The molecule has 3 aromatic rings. The van der Waals surface area contributed by atoms with E-state index in [1.54, 1.807) is 13.0 Å². The lowest BCUT2D eigenvalue weighted by atomic mass is 10.0. The highest BCUT2D eigenvalue weighted by Gasteiger charge is 2.33. The summed E-state index contributed by atoms with van der Waals surface area (Å²) in [6, 6.07) is 6.70. The average Bonchev–Trinajstić information content (AvgIpc) is 3.32. The maximum absolute atomic E-state index is 13.8. The van der Waals surface area contributed by atoms with Crippen LogP contribution < -0.4 is 19.2 Å². The van der Waals surface area contributed by atoms with Crippen molar-refractivity contribution in [1.29, 1.82) is 5.26 Å². The molecule has 1 aromatic heterocycles. The molecule has 1 atom stereocenters. The Labute approximate surface area is 236 Å². The summed E-state index contributed by atoms with van der Waals surface area (Å²) in [6.07, 6.45) is 2.66. The highest BCUT2D eigenvalue weighted by Crippen LogP contribution is 2.26. The summed E-state index contributed by atoms with van der Waals surface area (Å²) >= 11 is 0. The largest absolute Gasteiger partial charge is 0.330 e. The topological polar surface area (TPSA) is 148 Å². The molecule has 0 fully saturated rings. The van der Waals surface area contributed by atoms with Gasteiger partial charge < -0.3 is 10.2 Å². The maximum atomic E-state index is 13.8. The van der Waals surface area contributed by atoms with Crippen molar-refractivity contribution in [3.63, 3.8) is 0 Å². The zero-order valence-electron chi connectivity index (χ0n) is 21.4. The van der Waals surface area contributed by atoms with E-state index < -0.39 is 39.8 Å². The monoisotopic (exact) mass is 589 g/mol. The lowest BCUT2D eigenvalue weighted by Gasteiger charge is -2.26. The molecule has 0 spiro atoms. The van der Waals surface area contributed by atoms with E-state index in [0.717, 1.165) is 16.4 Å². The normalized spacial score (nSPS) is 12.9. The van der Waals surface area contributed by atoms with Crippen LogP contribution in [0.1, 0.15) is 22.3 Å². The van der Waals surface area contributed by atoms with E-state index in [-0.39, 0.29) is 37.8 Å². The van der Waals surface area contributed by atoms with Crippen LogP contribution in [0.3, 0.4) is 0 Å². The van der Waals surface area contributed by atoms with E-state index in [1.807, 2.05) is 10.8 Å². The van der Waals surface area contributed by atoms with Gasteiger partial charge >= 0.3 is 16.2 Å². The molecule has 0 saturated carbocycles. The maximum Gasteiger partial charge on any atom is 0.330 e. The Balaban J connectivity index is 0.00000441. The number of carbonyl (C=O) groups is 2. The number of anilines is 2. The first-order chi connectivity index (χ1) is 18.5. The first-order valence-corrected chi connectivity index (χ1v) is 13.1. The minimum Gasteiger partial charge on any atom is -0.325 e. The number of urea groups is 1. The van der Waals surface area contributed by atoms with Gasteiger partial charge in [-0.2, -0.15) is 27.2 Å². The Hall–Kier alpha value is -4.29. The number of rotatable bonds is 7. The van der Waals surface area contributed by atoms with Crippen molar-refractivity contribution in [2.75, 3.05) is 22.8 Å². The zero-order chi connectivity index (χ0) is 28.3. The van der Waals surface area contributed by atoms with Crippen molar-refractivity contribution in [3.8, 4) is 6.07 Å². The SMILES string of the molecule is Cc1cc(N(C)C(=O)[C@H](Cc2cc(F)cc(F)c2)NC(=O)NS(=O)(=O)N2CCc3cncnc32)ccc1C#N.S. The Bertz CT molecular complexity index is 1580. The van der Waals surface area contributed by atoms with Gasteiger partial charge in [0.1, 0.15) is 29.8 Å². The number of carbonyl (C=O) groups excluding carboxylic acids is 2. The van der Waals surface area contributed by atoms with Crippen LogP contribution in [0.5, 0.6) is 0 Å². The molecule has 40 heavy (non-hydrogen) atoms. The van der Waals surface area contributed by atoms with Gasteiger partial charge in [0, 0.05) is 43.5 Å². The number of nitriles is 1. The van der Waals surface area contributed by atoms with E-state index in [9.17, 15) is 32.0 Å². The summed E-state index contributed by atoms with van der Waals surface area (Å²) in [5.41, 5.74) is 2.04. The zero-order valence-corrected chi connectivity index (χ0v) is 23.2. The number of nitrogens with zero attached hydrogens (tertiary/aromatic N) is 5. The molecule has 2 aromatic carbocycles. The summed E-state index contributed by atoms with van der Waals surface area (Å²) in [5, 5.41) is 11.5. The van der Waals surface area contributed by atoms with E-state index >= 15 is 0 Å². The molecule has 4 rings (SSSR count). The fraction of sp³-hybridized carbons (Fsp3) is 0.240. The summed E-state index contributed by atoms with van der Waals surface area (Å²) < 4.78 is 56.3. The Morgan fingerprint density at radius 3 is 2.55 bits per heavy atom. The Kier molecular flexibility index (Phi) is 9.28. The predicted octanol–water partition coefficient (Wildman–Crippen LogP) is 2.23. The van der Waals surface area contributed by atoms with Gasteiger partial charge in [0.15, 0.2) is 0 Å². The Morgan fingerprint density at radius 2 is 1.90 bits per heavy atom. The molecule has 2 heterocycles. The molecule has 3 amide bonds. The molecule has 2 N–H and O–H groups in total. The molecule has 0 saturated heterocycles. The van der Waals surface area contributed by atoms with Crippen molar-refractivity contribution in [2.45, 2.75) is 25.8 Å². The van der Waals surface area contributed by atoms with Gasteiger partial charge in [-0.05, 0) is 54.8 Å². The molecule has 0 radical (unpaired) electrons. The number of halogens is 2. The quantitative estimate of drug-likeness (QED) is 0.429. The molecule has 210 valence electrons. The van der Waals surface area contributed by atoms with Gasteiger partial charge in [0.25, 0.3) is 0 Å². The third-order valence-electron chi connectivity index (χ3n) is 6.11. The number of fused-ring (bicyclic) bond motifs is 1. The van der Waals surface area contributed by atoms with Crippen molar-refractivity contribution >= 4 is 47.1 Å². The fourth-order valence-corrected chi connectivity index (χ4v) is 5.31. The van der Waals surface area contributed by atoms with Crippen LogP contribution in [0.2, 0.25) is 0 Å². The van der Waals surface area contributed by atoms with Crippen LogP contribution in [0.25, 0.3) is 0 Å². The molecule has 11 nitrogen and oxygen atoms in total.